The molecule has 14 nitrogen and oxygen atoms in total. The molecule has 0 aromatic rings. The number of hydrogen-bond donors (Lipinski definition) is 9. The lowest BCUT2D eigenvalue weighted by molar-refractivity contribution is -0.359. The Morgan fingerprint density at radius 3 is 1.86 bits per heavy atom. The Hall–Kier alpha value is -2.57. The molecule has 0 saturated carbocycles. The molecule has 0 bridgehead atoms. The first kappa shape index (κ1) is 51.6. The molecule has 58 heavy (non-hydrogen) atoms. The van der Waals surface area contributed by atoms with Gasteiger partial charge in [0, 0.05) is 6.42 Å². The number of carbonyl (C=O) groups excluding carboxylic acids is 1. The van der Waals surface area contributed by atoms with Crippen molar-refractivity contribution in [2.24, 2.45) is 0 Å². The number of ether oxygens (including phenoxy) is 4. The second-order valence-corrected chi connectivity index (χ2v) is 14.7. The van der Waals surface area contributed by atoms with Crippen LogP contribution in [0, 0.1) is 0 Å². The highest BCUT2D eigenvalue weighted by molar-refractivity contribution is 5.76. The molecule has 0 radical (unpaired) electrons. The molecular formula is C44H73NO13. The van der Waals surface area contributed by atoms with Gasteiger partial charge in [-0.25, -0.2) is 0 Å². The van der Waals surface area contributed by atoms with Crippen LogP contribution < -0.4 is 5.32 Å². The first-order valence-electron chi connectivity index (χ1n) is 21.2. The van der Waals surface area contributed by atoms with Crippen molar-refractivity contribution in [3.8, 4) is 0 Å². The van der Waals surface area contributed by atoms with Crippen LogP contribution >= 0.6 is 0 Å². The van der Waals surface area contributed by atoms with Crippen LogP contribution in [-0.4, -0.2) is 140 Å². The van der Waals surface area contributed by atoms with Crippen LogP contribution in [0.3, 0.4) is 0 Å². The highest BCUT2D eigenvalue weighted by Gasteiger charge is 2.50. The summed E-state index contributed by atoms with van der Waals surface area (Å²) in [6.45, 7) is 2.46. The van der Waals surface area contributed by atoms with Crippen molar-refractivity contribution < 1.29 is 64.6 Å². The summed E-state index contributed by atoms with van der Waals surface area (Å²) in [5, 5.41) is 86.0. The number of amides is 1. The van der Waals surface area contributed by atoms with Gasteiger partial charge in [-0.1, -0.05) is 106 Å². The van der Waals surface area contributed by atoms with Gasteiger partial charge >= 0.3 is 0 Å². The molecule has 14 heteroatoms. The van der Waals surface area contributed by atoms with Gasteiger partial charge in [0.2, 0.25) is 5.91 Å². The Bertz CT molecular complexity index is 1250. The zero-order valence-electron chi connectivity index (χ0n) is 34.5. The van der Waals surface area contributed by atoms with E-state index in [0.29, 0.717) is 12.8 Å². The monoisotopic (exact) mass is 824 g/mol. The minimum absolute atomic E-state index is 0.240. The third-order valence-electron chi connectivity index (χ3n) is 9.86. The topological polar surface area (TPSA) is 228 Å². The molecule has 0 aromatic heterocycles. The Kier molecular flexibility index (Phi) is 27.9. The molecule has 2 rings (SSSR count). The molecule has 332 valence electrons. The Labute approximate surface area is 345 Å². The molecular weight excluding hydrogens is 750 g/mol. The van der Waals surface area contributed by atoms with Gasteiger partial charge in [0.15, 0.2) is 12.6 Å². The molecule has 0 aliphatic carbocycles. The second-order valence-electron chi connectivity index (χ2n) is 14.7. The van der Waals surface area contributed by atoms with E-state index in [1.165, 1.54) is 0 Å². The normalized spacial score (nSPS) is 29.6. The number of aliphatic hydroxyl groups is 8. The Morgan fingerprint density at radius 2 is 1.21 bits per heavy atom. The summed E-state index contributed by atoms with van der Waals surface area (Å²) in [6.07, 6.45) is 19.9. The Balaban J connectivity index is 1.89. The third kappa shape index (κ3) is 19.7. The van der Waals surface area contributed by atoms with Crippen LogP contribution in [0.5, 0.6) is 0 Å². The molecule has 12 atom stereocenters. The van der Waals surface area contributed by atoms with Gasteiger partial charge < -0.3 is 65.1 Å². The van der Waals surface area contributed by atoms with Crippen LogP contribution in [0.1, 0.15) is 104 Å². The largest absolute Gasteiger partial charge is 0.394 e. The van der Waals surface area contributed by atoms with Crippen molar-refractivity contribution in [1.29, 1.82) is 0 Å². The lowest BCUT2D eigenvalue weighted by atomic mass is 9.97. The maximum Gasteiger partial charge on any atom is 0.220 e. The van der Waals surface area contributed by atoms with Gasteiger partial charge in [-0.15, -0.1) is 0 Å². The van der Waals surface area contributed by atoms with E-state index in [4.69, 9.17) is 18.9 Å². The van der Waals surface area contributed by atoms with Gasteiger partial charge in [-0.2, -0.15) is 0 Å². The average Bonchev–Trinajstić information content (AvgIpc) is 3.22. The zero-order valence-corrected chi connectivity index (χ0v) is 34.5. The molecule has 0 spiro atoms. The van der Waals surface area contributed by atoms with E-state index in [1.54, 1.807) is 6.08 Å². The van der Waals surface area contributed by atoms with Gasteiger partial charge in [0.05, 0.1) is 32.0 Å². The number of rotatable bonds is 29. The smallest absolute Gasteiger partial charge is 0.220 e. The van der Waals surface area contributed by atoms with Crippen molar-refractivity contribution in [3.05, 3.63) is 72.9 Å². The number of hydrogen-bond acceptors (Lipinski definition) is 13. The number of carbonyl (C=O) groups is 1. The average molecular weight is 824 g/mol. The number of aliphatic hydroxyl groups excluding tert-OH is 8. The first-order chi connectivity index (χ1) is 28.1. The van der Waals surface area contributed by atoms with Crippen LogP contribution in [0.4, 0.5) is 0 Å². The number of allylic oxidation sites excluding steroid dienone is 11. The molecule has 12 unspecified atom stereocenters. The molecule has 2 aliphatic rings. The lowest BCUT2D eigenvalue weighted by Crippen LogP contribution is -2.65. The van der Waals surface area contributed by atoms with E-state index >= 15 is 0 Å². The van der Waals surface area contributed by atoms with Crippen molar-refractivity contribution in [2.45, 2.75) is 177 Å². The van der Waals surface area contributed by atoms with E-state index in [1.807, 2.05) is 6.08 Å². The van der Waals surface area contributed by atoms with Gasteiger partial charge in [0.25, 0.3) is 0 Å². The quantitative estimate of drug-likeness (QED) is 0.0390. The van der Waals surface area contributed by atoms with Crippen molar-refractivity contribution in [2.75, 3.05) is 19.8 Å². The summed E-state index contributed by atoms with van der Waals surface area (Å²) in [5.41, 5.74) is 0. The number of nitrogens with one attached hydrogen (secondary N) is 1. The summed E-state index contributed by atoms with van der Waals surface area (Å²) in [7, 11) is 0. The minimum Gasteiger partial charge on any atom is -0.394 e. The summed E-state index contributed by atoms with van der Waals surface area (Å²) in [4.78, 5) is 13.0. The van der Waals surface area contributed by atoms with Gasteiger partial charge in [-0.05, 0) is 64.2 Å². The van der Waals surface area contributed by atoms with Gasteiger partial charge in [-0.3, -0.25) is 4.79 Å². The standard InChI is InChI=1S/C44H73NO13/c1-3-5-7-9-11-12-13-14-15-16-17-18-19-20-22-24-26-28-36(49)45-32(33(48)27-25-23-21-10-8-6-4-2)31-55-43-41(54)39(52)42(35(30-47)57-43)58-44-40(53)38(51)37(50)34(29-46)56-44/h5,7-8,10-12,14-15,17-18,25,27,32-35,37-44,46-48,50-54H,3-4,6,9,13,16,19-24,26,28-31H2,1-2H3,(H,45,49)/b7-5-,10-8+,12-11-,15-14-,18-17-,27-25+. The van der Waals surface area contributed by atoms with E-state index in [9.17, 15) is 45.6 Å². The van der Waals surface area contributed by atoms with E-state index in [2.05, 4.69) is 79.9 Å². The summed E-state index contributed by atoms with van der Waals surface area (Å²) < 4.78 is 22.5. The SMILES string of the molecule is CC/C=C\C/C=C\C/C=C\C/C=C\CCCCCCC(=O)NC(COC1OC(CO)C(OC2OC(CO)C(O)C(O)C2O)C(O)C1O)C(O)/C=C/CC/C=C/CCC. The van der Waals surface area contributed by atoms with Gasteiger partial charge in [0.1, 0.15) is 48.8 Å². The molecule has 2 heterocycles. The summed E-state index contributed by atoms with van der Waals surface area (Å²) in [5.74, 6) is -0.283. The molecule has 9 N–H and O–H groups in total. The molecule has 1 amide bonds. The number of unbranched alkanes of at least 4 members (excludes halogenated alkanes) is 6. The highest BCUT2D eigenvalue weighted by atomic mass is 16.7. The maximum atomic E-state index is 13.0. The predicted molar refractivity (Wildman–Crippen MR) is 221 cm³/mol. The van der Waals surface area contributed by atoms with Crippen molar-refractivity contribution >= 4 is 5.91 Å². The molecule has 0 aromatic carbocycles. The summed E-state index contributed by atoms with van der Waals surface area (Å²) >= 11 is 0. The highest BCUT2D eigenvalue weighted by Crippen LogP contribution is 2.29. The van der Waals surface area contributed by atoms with Crippen molar-refractivity contribution in [1.82, 2.24) is 5.32 Å². The van der Waals surface area contributed by atoms with Crippen molar-refractivity contribution in [3.63, 3.8) is 0 Å². The summed E-state index contributed by atoms with van der Waals surface area (Å²) in [6, 6.07) is -0.943. The molecule has 2 saturated heterocycles. The van der Waals surface area contributed by atoms with Crippen LogP contribution in [-0.2, 0) is 23.7 Å². The first-order valence-corrected chi connectivity index (χ1v) is 21.2. The fraction of sp³-hybridized carbons (Fsp3) is 0.705. The maximum absolute atomic E-state index is 13.0. The van der Waals surface area contributed by atoms with Crippen LogP contribution in [0.2, 0.25) is 0 Å². The Morgan fingerprint density at radius 1 is 0.638 bits per heavy atom. The van der Waals surface area contributed by atoms with Crippen LogP contribution in [0.25, 0.3) is 0 Å². The van der Waals surface area contributed by atoms with Crippen LogP contribution in [0.15, 0.2) is 72.9 Å². The minimum atomic E-state index is -1.79. The fourth-order valence-electron chi connectivity index (χ4n) is 6.36. The van der Waals surface area contributed by atoms with E-state index in [0.717, 1.165) is 70.6 Å². The third-order valence-corrected chi connectivity index (χ3v) is 9.86. The second kappa shape index (κ2) is 31.3. The van der Waals surface area contributed by atoms with E-state index < -0.39 is 86.8 Å². The van der Waals surface area contributed by atoms with E-state index in [-0.39, 0.29) is 18.9 Å². The molecule has 2 fully saturated rings. The predicted octanol–water partition coefficient (Wildman–Crippen LogP) is 3.31. The fourth-order valence-corrected chi connectivity index (χ4v) is 6.36. The zero-order chi connectivity index (χ0) is 42.5. The molecule has 2 aliphatic heterocycles. The lowest BCUT2D eigenvalue weighted by Gasteiger charge is -2.46.